The van der Waals surface area contributed by atoms with Crippen molar-refractivity contribution in [2.24, 2.45) is 5.10 Å². The SMILES string of the molecule is CCOC(=O)N1CCC(=NNC(=O)c2ccc(OC)c(OC)c2)CC1. The van der Waals surface area contributed by atoms with Gasteiger partial charge in [0, 0.05) is 37.2 Å². The third-order valence-corrected chi connectivity index (χ3v) is 3.83. The van der Waals surface area contributed by atoms with Crippen molar-refractivity contribution < 1.29 is 23.8 Å². The Morgan fingerprint density at radius 1 is 1.16 bits per heavy atom. The fourth-order valence-electron chi connectivity index (χ4n) is 2.45. The van der Waals surface area contributed by atoms with Gasteiger partial charge in [0.2, 0.25) is 0 Å². The second-order valence-corrected chi connectivity index (χ2v) is 5.37. The maximum Gasteiger partial charge on any atom is 0.409 e. The van der Waals surface area contributed by atoms with Crippen LogP contribution in [0, 0.1) is 0 Å². The fraction of sp³-hybridized carbons (Fsp3) is 0.471. The van der Waals surface area contributed by atoms with Crippen LogP contribution in [0.5, 0.6) is 11.5 Å². The number of hydrazone groups is 1. The third kappa shape index (κ3) is 4.85. The molecule has 0 saturated carbocycles. The summed E-state index contributed by atoms with van der Waals surface area (Å²) < 4.78 is 15.3. The van der Waals surface area contributed by atoms with Crippen LogP contribution < -0.4 is 14.9 Å². The monoisotopic (exact) mass is 349 g/mol. The van der Waals surface area contributed by atoms with E-state index in [0.29, 0.717) is 49.6 Å². The van der Waals surface area contributed by atoms with Crippen LogP contribution in [0.15, 0.2) is 23.3 Å². The van der Waals surface area contributed by atoms with Crippen molar-refractivity contribution in [2.75, 3.05) is 33.9 Å². The summed E-state index contributed by atoms with van der Waals surface area (Å²) >= 11 is 0. The zero-order valence-corrected chi connectivity index (χ0v) is 14.7. The summed E-state index contributed by atoms with van der Waals surface area (Å²) in [6.45, 7) is 3.20. The van der Waals surface area contributed by atoms with Crippen LogP contribution in [0.25, 0.3) is 0 Å². The average Bonchev–Trinajstić information content (AvgIpc) is 2.66. The number of benzene rings is 1. The minimum absolute atomic E-state index is 0.309. The number of rotatable bonds is 5. The number of nitrogens with one attached hydrogen (secondary N) is 1. The highest BCUT2D eigenvalue weighted by Gasteiger charge is 2.21. The second-order valence-electron chi connectivity index (χ2n) is 5.37. The molecule has 25 heavy (non-hydrogen) atoms. The lowest BCUT2D eigenvalue weighted by atomic mass is 10.1. The van der Waals surface area contributed by atoms with Crippen LogP contribution in [-0.4, -0.2) is 56.5 Å². The Morgan fingerprint density at radius 3 is 2.44 bits per heavy atom. The zero-order chi connectivity index (χ0) is 18.2. The van der Waals surface area contributed by atoms with Crippen LogP contribution in [0.2, 0.25) is 0 Å². The van der Waals surface area contributed by atoms with Gasteiger partial charge in [-0.1, -0.05) is 0 Å². The quantitative estimate of drug-likeness (QED) is 0.822. The number of piperidine rings is 1. The highest BCUT2D eigenvalue weighted by molar-refractivity contribution is 5.96. The molecule has 1 aromatic carbocycles. The number of carbonyl (C=O) groups excluding carboxylic acids is 2. The standard InChI is InChI=1S/C17H23N3O5/c1-4-25-17(22)20-9-7-13(8-10-20)18-19-16(21)12-5-6-14(23-2)15(11-12)24-3/h5-6,11H,4,7-10H2,1-3H3,(H,19,21). The molecule has 1 aliphatic heterocycles. The van der Waals surface area contributed by atoms with E-state index in [9.17, 15) is 9.59 Å². The molecule has 8 nitrogen and oxygen atoms in total. The average molecular weight is 349 g/mol. The summed E-state index contributed by atoms with van der Waals surface area (Å²) in [5.74, 6) is 0.698. The maximum absolute atomic E-state index is 12.2. The van der Waals surface area contributed by atoms with E-state index in [1.807, 2.05) is 0 Å². The van der Waals surface area contributed by atoms with Crippen LogP contribution >= 0.6 is 0 Å². The highest BCUT2D eigenvalue weighted by Crippen LogP contribution is 2.27. The topological polar surface area (TPSA) is 89.5 Å². The van der Waals surface area contributed by atoms with E-state index in [1.54, 1.807) is 30.0 Å². The van der Waals surface area contributed by atoms with Crippen molar-refractivity contribution >= 4 is 17.7 Å². The third-order valence-electron chi connectivity index (χ3n) is 3.83. The van der Waals surface area contributed by atoms with Gasteiger partial charge in [0.15, 0.2) is 11.5 Å². The van der Waals surface area contributed by atoms with Crippen LogP contribution in [0.4, 0.5) is 4.79 Å². The predicted molar refractivity (Wildman–Crippen MR) is 92.3 cm³/mol. The first-order chi connectivity index (χ1) is 12.1. The highest BCUT2D eigenvalue weighted by atomic mass is 16.6. The van der Waals surface area contributed by atoms with Gasteiger partial charge in [0.1, 0.15) is 0 Å². The van der Waals surface area contributed by atoms with E-state index in [-0.39, 0.29) is 12.0 Å². The lowest BCUT2D eigenvalue weighted by Gasteiger charge is -2.26. The molecule has 1 saturated heterocycles. The van der Waals surface area contributed by atoms with Gasteiger partial charge in [-0.2, -0.15) is 5.10 Å². The number of nitrogens with zero attached hydrogens (tertiary/aromatic N) is 2. The smallest absolute Gasteiger partial charge is 0.409 e. The molecule has 1 heterocycles. The molecule has 1 aromatic rings. The number of methoxy groups -OCH3 is 2. The normalized spacial score (nSPS) is 13.9. The van der Waals surface area contributed by atoms with Gasteiger partial charge in [-0.3, -0.25) is 4.79 Å². The lowest BCUT2D eigenvalue weighted by Crippen LogP contribution is -2.39. The Bertz CT molecular complexity index is 650. The van der Waals surface area contributed by atoms with Crippen LogP contribution in [0.3, 0.4) is 0 Å². The van der Waals surface area contributed by atoms with E-state index in [1.165, 1.54) is 14.2 Å². The summed E-state index contributed by atoms with van der Waals surface area (Å²) in [7, 11) is 3.04. The van der Waals surface area contributed by atoms with E-state index in [4.69, 9.17) is 14.2 Å². The Kier molecular flexibility index (Phi) is 6.62. The van der Waals surface area contributed by atoms with E-state index in [0.717, 1.165) is 5.71 Å². The minimum Gasteiger partial charge on any atom is -0.493 e. The Morgan fingerprint density at radius 2 is 1.84 bits per heavy atom. The fourth-order valence-corrected chi connectivity index (χ4v) is 2.45. The molecule has 0 aliphatic carbocycles. The van der Waals surface area contributed by atoms with Gasteiger partial charge >= 0.3 is 6.09 Å². The molecule has 136 valence electrons. The molecule has 2 amide bonds. The van der Waals surface area contributed by atoms with Crippen molar-refractivity contribution in [1.29, 1.82) is 0 Å². The Labute approximate surface area is 146 Å². The van der Waals surface area contributed by atoms with Crippen LogP contribution in [0.1, 0.15) is 30.1 Å². The summed E-state index contributed by atoms with van der Waals surface area (Å²) in [4.78, 5) is 25.5. The first-order valence-electron chi connectivity index (χ1n) is 8.08. The molecule has 0 spiro atoms. The van der Waals surface area contributed by atoms with Crippen molar-refractivity contribution in [3.63, 3.8) is 0 Å². The summed E-state index contributed by atoms with van der Waals surface area (Å²) in [5, 5.41) is 4.16. The largest absolute Gasteiger partial charge is 0.493 e. The van der Waals surface area contributed by atoms with Crippen molar-refractivity contribution in [2.45, 2.75) is 19.8 Å². The molecular weight excluding hydrogens is 326 g/mol. The summed E-state index contributed by atoms with van der Waals surface area (Å²) in [5.41, 5.74) is 3.81. The number of likely N-dealkylation sites (tertiary alicyclic amines) is 1. The zero-order valence-electron chi connectivity index (χ0n) is 14.7. The molecule has 1 aliphatic rings. The number of ether oxygens (including phenoxy) is 3. The number of amides is 2. The molecule has 8 heteroatoms. The van der Waals surface area contributed by atoms with Gasteiger partial charge in [-0.25, -0.2) is 10.2 Å². The Hall–Kier alpha value is -2.77. The first-order valence-corrected chi connectivity index (χ1v) is 8.08. The van der Waals surface area contributed by atoms with Crippen LogP contribution in [-0.2, 0) is 4.74 Å². The number of hydrogen-bond acceptors (Lipinski definition) is 6. The molecular formula is C17H23N3O5. The number of carbonyl (C=O) groups is 2. The molecule has 0 aromatic heterocycles. The van der Waals surface area contributed by atoms with Gasteiger partial charge in [0.25, 0.3) is 5.91 Å². The molecule has 1 fully saturated rings. The molecule has 2 rings (SSSR count). The first kappa shape index (κ1) is 18.6. The van der Waals surface area contributed by atoms with Crippen molar-refractivity contribution in [1.82, 2.24) is 10.3 Å². The molecule has 0 bridgehead atoms. The minimum atomic E-state index is -0.332. The van der Waals surface area contributed by atoms with Gasteiger partial charge in [-0.15, -0.1) is 0 Å². The van der Waals surface area contributed by atoms with E-state index < -0.39 is 0 Å². The second kappa shape index (κ2) is 8.91. The predicted octanol–water partition coefficient (Wildman–Crippen LogP) is 2.04. The molecule has 0 unspecified atom stereocenters. The van der Waals surface area contributed by atoms with Crippen molar-refractivity contribution in [3.05, 3.63) is 23.8 Å². The Balaban J connectivity index is 1.92. The van der Waals surface area contributed by atoms with E-state index in [2.05, 4.69) is 10.5 Å². The summed E-state index contributed by atoms with van der Waals surface area (Å²) in [6.07, 6.45) is 0.895. The molecule has 0 atom stereocenters. The molecule has 1 N–H and O–H groups in total. The van der Waals surface area contributed by atoms with Gasteiger partial charge in [-0.05, 0) is 25.1 Å². The van der Waals surface area contributed by atoms with Crippen molar-refractivity contribution in [3.8, 4) is 11.5 Å². The van der Waals surface area contributed by atoms with Gasteiger partial charge < -0.3 is 19.1 Å². The maximum atomic E-state index is 12.2. The number of hydrogen-bond donors (Lipinski definition) is 1. The van der Waals surface area contributed by atoms with E-state index >= 15 is 0 Å². The lowest BCUT2D eigenvalue weighted by molar-refractivity contribution is 0.0951. The van der Waals surface area contributed by atoms with Gasteiger partial charge in [0.05, 0.1) is 20.8 Å². The summed E-state index contributed by atoms with van der Waals surface area (Å²) in [6, 6.07) is 4.90. The molecule has 0 radical (unpaired) electrons.